The zero-order valence-corrected chi connectivity index (χ0v) is 19.5. The molecule has 0 atom stereocenters. The summed E-state index contributed by atoms with van der Waals surface area (Å²) in [6.07, 6.45) is 1.36. The highest BCUT2D eigenvalue weighted by molar-refractivity contribution is 6.31. The number of nitrogens with one attached hydrogen (secondary N) is 1. The molecule has 3 aromatic rings. The number of nitrogens with zero attached hydrogens (tertiary/aromatic N) is 3. The van der Waals surface area contributed by atoms with Gasteiger partial charge in [0.1, 0.15) is 18.0 Å². The van der Waals surface area contributed by atoms with Crippen LogP contribution in [0.25, 0.3) is 0 Å². The van der Waals surface area contributed by atoms with Crippen LogP contribution in [0.1, 0.15) is 21.5 Å². The molecule has 0 spiro atoms. The van der Waals surface area contributed by atoms with Gasteiger partial charge in [0.05, 0.1) is 29.9 Å². The number of amides is 1. The smallest absolute Gasteiger partial charge is 0.293 e. The molecule has 3 aromatic carbocycles. The first-order valence-corrected chi connectivity index (χ1v) is 11.3. The Morgan fingerprint density at radius 1 is 1.14 bits per heavy atom. The van der Waals surface area contributed by atoms with E-state index in [0.29, 0.717) is 53.9 Å². The number of para-hydroxylation sites is 1. The molecule has 1 N–H and O–H groups in total. The second kappa shape index (κ2) is 11.5. The molecule has 9 nitrogen and oxygen atoms in total. The Labute approximate surface area is 207 Å². The Bertz CT molecular complexity index is 1240. The van der Waals surface area contributed by atoms with Gasteiger partial charge in [-0.05, 0) is 24.3 Å². The first-order valence-electron chi connectivity index (χ1n) is 10.9. The number of hydrogen-bond acceptors (Lipinski definition) is 7. The third-order valence-corrected chi connectivity index (χ3v) is 5.77. The fraction of sp³-hybridized carbons (Fsp3) is 0.200. The van der Waals surface area contributed by atoms with Crippen molar-refractivity contribution in [1.82, 2.24) is 5.43 Å². The normalized spacial score (nSPS) is 13.6. The van der Waals surface area contributed by atoms with E-state index in [9.17, 15) is 14.9 Å². The van der Waals surface area contributed by atoms with Crippen LogP contribution >= 0.6 is 11.6 Å². The van der Waals surface area contributed by atoms with E-state index in [1.807, 2.05) is 23.1 Å². The fourth-order valence-electron chi connectivity index (χ4n) is 3.62. The van der Waals surface area contributed by atoms with Gasteiger partial charge in [-0.2, -0.15) is 5.10 Å². The number of nitro benzene ring substituents is 1. The van der Waals surface area contributed by atoms with Crippen molar-refractivity contribution in [1.29, 1.82) is 0 Å². The standard InChI is InChI=1S/C25H23ClN4O5/c26-21-7-3-1-5-19(21)17-35-24-8-4-2-6-20(24)25(31)28-27-16-18-9-10-22(23(15-18)30(32)33)29-11-13-34-14-12-29/h1-10,15-16H,11-14,17H2,(H,28,31)/b27-16+. The lowest BCUT2D eigenvalue weighted by atomic mass is 10.1. The molecule has 10 heteroatoms. The molecule has 4 rings (SSSR count). The molecule has 180 valence electrons. The number of halogens is 1. The number of morpholine rings is 1. The predicted molar refractivity (Wildman–Crippen MR) is 133 cm³/mol. The predicted octanol–water partition coefficient (Wildman–Crippen LogP) is 4.43. The van der Waals surface area contributed by atoms with E-state index in [-0.39, 0.29) is 12.3 Å². The van der Waals surface area contributed by atoms with Gasteiger partial charge in [-0.1, -0.05) is 48.0 Å². The van der Waals surface area contributed by atoms with E-state index < -0.39 is 10.8 Å². The van der Waals surface area contributed by atoms with Crippen molar-refractivity contribution in [2.75, 3.05) is 31.2 Å². The number of ether oxygens (including phenoxy) is 2. The molecule has 1 heterocycles. The molecule has 1 aliphatic rings. The molecule has 1 saturated heterocycles. The van der Waals surface area contributed by atoms with Crippen LogP contribution in [0.2, 0.25) is 5.02 Å². The molecule has 1 amide bonds. The summed E-state index contributed by atoms with van der Waals surface area (Å²) in [5.74, 6) is -0.0962. The second-order valence-corrected chi connectivity index (χ2v) is 8.09. The number of nitro groups is 1. The van der Waals surface area contributed by atoms with E-state index in [2.05, 4.69) is 10.5 Å². The zero-order valence-electron chi connectivity index (χ0n) is 18.7. The first-order chi connectivity index (χ1) is 17.0. The van der Waals surface area contributed by atoms with Crippen LogP contribution in [0.15, 0.2) is 71.8 Å². The molecule has 0 unspecified atom stereocenters. The van der Waals surface area contributed by atoms with Crippen molar-refractivity contribution in [3.05, 3.63) is 98.6 Å². The summed E-state index contributed by atoms with van der Waals surface area (Å²) in [6.45, 7) is 2.42. The van der Waals surface area contributed by atoms with Crippen molar-refractivity contribution in [3.8, 4) is 5.75 Å². The van der Waals surface area contributed by atoms with E-state index >= 15 is 0 Å². The Morgan fingerprint density at radius 2 is 1.89 bits per heavy atom. The molecule has 0 radical (unpaired) electrons. The van der Waals surface area contributed by atoms with Crippen LogP contribution in [0.5, 0.6) is 5.75 Å². The van der Waals surface area contributed by atoms with E-state index in [4.69, 9.17) is 21.1 Å². The molecule has 0 aromatic heterocycles. The minimum absolute atomic E-state index is 0.0273. The number of rotatable bonds is 8. The minimum Gasteiger partial charge on any atom is -0.488 e. The third-order valence-electron chi connectivity index (χ3n) is 5.40. The SMILES string of the molecule is O=C(N/N=C/c1ccc(N2CCOCC2)c([N+](=O)[O-])c1)c1ccccc1OCc1ccccc1Cl. The summed E-state index contributed by atoms with van der Waals surface area (Å²) >= 11 is 6.18. The molecular weight excluding hydrogens is 472 g/mol. The molecular formula is C25H23ClN4O5. The van der Waals surface area contributed by atoms with Gasteiger partial charge in [0.25, 0.3) is 11.6 Å². The van der Waals surface area contributed by atoms with Crippen LogP contribution in [-0.4, -0.2) is 43.3 Å². The van der Waals surface area contributed by atoms with Crippen LogP contribution in [0, 0.1) is 10.1 Å². The Kier molecular flexibility index (Phi) is 7.92. The fourth-order valence-corrected chi connectivity index (χ4v) is 3.81. The van der Waals surface area contributed by atoms with Crippen molar-refractivity contribution in [3.63, 3.8) is 0 Å². The lowest BCUT2D eigenvalue weighted by Crippen LogP contribution is -2.36. The van der Waals surface area contributed by atoms with Gasteiger partial charge in [-0.25, -0.2) is 5.43 Å². The summed E-state index contributed by atoms with van der Waals surface area (Å²) in [5, 5.41) is 16.2. The molecule has 1 fully saturated rings. The molecule has 35 heavy (non-hydrogen) atoms. The number of hydrogen-bond donors (Lipinski definition) is 1. The number of carbonyl (C=O) groups excluding carboxylic acids is 1. The number of carbonyl (C=O) groups is 1. The topological polar surface area (TPSA) is 106 Å². The molecule has 0 saturated carbocycles. The Morgan fingerprint density at radius 3 is 2.66 bits per heavy atom. The maximum Gasteiger partial charge on any atom is 0.293 e. The number of hydrazone groups is 1. The molecule has 0 bridgehead atoms. The van der Waals surface area contributed by atoms with Crippen LogP contribution in [0.4, 0.5) is 11.4 Å². The molecule has 1 aliphatic heterocycles. The monoisotopic (exact) mass is 494 g/mol. The van der Waals surface area contributed by atoms with Gasteiger partial charge in [0.15, 0.2) is 0 Å². The van der Waals surface area contributed by atoms with Crippen molar-refractivity contribution < 1.29 is 19.2 Å². The summed E-state index contributed by atoms with van der Waals surface area (Å²) in [5.41, 5.74) is 4.53. The highest BCUT2D eigenvalue weighted by Gasteiger charge is 2.21. The highest BCUT2D eigenvalue weighted by Crippen LogP contribution is 2.29. The number of anilines is 1. The Hall–Kier alpha value is -3.95. The van der Waals surface area contributed by atoms with Crippen molar-refractivity contribution in [2.24, 2.45) is 5.10 Å². The first kappa shape index (κ1) is 24.2. The van der Waals surface area contributed by atoms with Crippen molar-refractivity contribution in [2.45, 2.75) is 6.61 Å². The summed E-state index contributed by atoms with van der Waals surface area (Å²) in [4.78, 5) is 25.8. The third kappa shape index (κ3) is 6.14. The average molecular weight is 495 g/mol. The largest absolute Gasteiger partial charge is 0.488 e. The second-order valence-electron chi connectivity index (χ2n) is 7.68. The van der Waals surface area contributed by atoms with E-state index in [1.165, 1.54) is 12.3 Å². The van der Waals surface area contributed by atoms with E-state index in [1.54, 1.807) is 42.5 Å². The lowest BCUT2D eigenvalue weighted by Gasteiger charge is -2.28. The lowest BCUT2D eigenvalue weighted by molar-refractivity contribution is -0.384. The summed E-state index contributed by atoms with van der Waals surface area (Å²) in [7, 11) is 0. The van der Waals surface area contributed by atoms with Crippen molar-refractivity contribution >= 4 is 35.1 Å². The highest BCUT2D eigenvalue weighted by atomic mass is 35.5. The van der Waals surface area contributed by atoms with Gasteiger partial charge < -0.3 is 14.4 Å². The van der Waals surface area contributed by atoms with Gasteiger partial charge >= 0.3 is 0 Å². The van der Waals surface area contributed by atoms with Crippen LogP contribution in [0.3, 0.4) is 0 Å². The maximum absolute atomic E-state index is 12.7. The van der Waals surface area contributed by atoms with Gasteiger partial charge in [-0.15, -0.1) is 0 Å². The average Bonchev–Trinajstić information content (AvgIpc) is 2.89. The Balaban J connectivity index is 1.43. The summed E-state index contributed by atoms with van der Waals surface area (Å²) in [6, 6.07) is 18.9. The van der Waals surface area contributed by atoms with E-state index in [0.717, 1.165) is 5.56 Å². The summed E-state index contributed by atoms with van der Waals surface area (Å²) < 4.78 is 11.1. The van der Waals surface area contributed by atoms with Gasteiger partial charge in [-0.3, -0.25) is 14.9 Å². The maximum atomic E-state index is 12.7. The van der Waals surface area contributed by atoms with Gasteiger partial charge in [0, 0.05) is 35.3 Å². The zero-order chi connectivity index (χ0) is 24.6. The minimum atomic E-state index is -0.476. The quantitative estimate of drug-likeness (QED) is 0.282. The molecule has 0 aliphatic carbocycles. The van der Waals surface area contributed by atoms with Gasteiger partial charge in [0.2, 0.25) is 0 Å². The number of benzene rings is 3. The van der Waals surface area contributed by atoms with Crippen LogP contribution in [-0.2, 0) is 11.3 Å². The van der Waals surface area contributed by atoms with Crippen LogP contribution < -0.4 is 15.1 Å².